The van der Waals surface area contributed by atoms with E-state index in [0.29, 0.717) is 17.9 Å². The van der Waals surface area contributed by atoms with Crippen molar-refractivity contribution < 1.29 is 14.3 Å². The van der Waals surface area contributed by atoms with Gasteiger partial charge in [-0.1, -0.05) is 42.5 Å². The maximum atomic E-state index is 12.8. The van der Waals surface area contributed by atoms with E-state index in [4.69, 9.17) is 9.47 Å². The molecule has 4 heteroatoms. The monoisotopic (exact) mass is 361 g/mol. The van der Waals surface area contributed by atoms with E-state index in [0.717, 1.165) is 22.4 Å². The van der Waals surface area contributed by atoms with Crippen molar-refractivity contribution in [1.82, 2.24) is 4.90 Å². The maximum Gasteiger partial charge on any atom is 0.253 e. The third-order valence-corrected chi connectivity index (χ3v) is 4.49. The first-order valence-corrected chi connectivity index (χ1v) is 8.74. The molecule has 0 atom stereocenters. The van der Waals surface area contributed by atoms with Crippen molar-refractivity contribution in [1.29, 1.82) is 0 Å². The van der Waals surface area contributed by atoms with E-state index in [9.17, 15) is 4.79 Å². The van der Waals surface area contributed by atoms with Crippen LogP contribution in [0.2, 0.25) is 0 Å². The first-order valence-electron chi connectivity index (χ1n) is 8.74. The minimum atomic E-state index is -0.0347. The standard InChI is InChI=1S/C23H23NO3/c1-24(16-20-13-14-21(26-2)15-22(20)27-3)23(25)19-11-9-18(10-12-19)17-7-5-4-6-8-17/h4-15H,16H2,1-3H3. The molecule has 0 aliphatic carbocycles. The molecule has 27 heavy (non-hydrogen) atoms. The Labute approximate surface area is 160 Å². The summed E-state index contributed by atoms with van der Waals surface area (Å²) in [5.74, 6) is 1.39. The minimum absolute atomic E-state index is 0.0347. The second kappa shape index (κ2) is 8.41. The number of benzene rings is 3. The van der Waals surface area contributed by atoms with E-state index in [2.05, 4.69) is 12.1 Å². The van der Waals surface area contributed by atoms with Gasteiger partial charge < -0.3 is 14.4 Å². The third kappa shape index (κ3) is 4.29. The molecular weight excluding hydrogens is 338 g/mol. The lowest BCUT2D eigenvalue weighted by molar-refractivity contribution is 0.0784. The number of methoxy groups -OCH3 is 2. The molecule has 0 spiro atoms. The Balaban J connectivity index is 1.74. The summed E-state index contributed by atoms with van der Waals surface area (Å²) in [5.41, 5.74) is 3.80. The molecule has 3 aromatic rings. The molecule has 0 N–H and O–H groups in total. The third-order valence-electron chi connectivity index (χ3n) is 4.49. The van der Waals surface area contributed by atoms with Crippen LogP contribution in [0.25, 0.3) is 11.1 Å². The van der Waals surface area contributed by atoms with Gasteiger partial charge in [0.25, 0.3) is 5.91 Å². The number of rotatable bonds is 6. The highest BCUT2D eigenvalue weighted by atomic mass is 16.5. The lowest BCUT2D eigenvalue weighted by Crippen LogP contribution is -2.26. The van der Waals surface area contributed by atoms with Gasteiger partial charge in [-0.2, -0.15) is 0 Å². The molecule has 0 saturated heterocycles. The number of amides is 1. The van der Waals surface area contributed by atoms with Crippen LogP contribution in [0.5, 0.6) is 11.5 Å². The summed E-state index contributed by atoms with van der Waals surface area (Å²) in [6.07, 6.45) is 0. The second-order valence-corrected chi connectivity index (χ2v) is 6.28. The molecule has 0 fully saturated rings. The molecular formula is C23H23NO3. The Morgan fingerprint density at radius 2 is 1.52 bits per heavy atom. The molecule has 0 heterocycles. The maximum absolute atomic E-state index is 12.8. The van der Waals surface area contributed by atoms with Gasteiger partial charge in [0.2, 0.25) is 0 Å². The van der Waals surface area contributed by atoms with Gasteiger partial charge >= 0.3 is 0 Å². The Morgan fingerprint density at radius 1 is 0.852 bits per heavy atom. The summed E-state index contributed by atoms with van der Waals surface area (Å²) in [7, 11) is 5.02. The lowest BCUT2D eigenvalue weighted by Gasteiger charge is -2.19. The van der Waals surface area contributed by atoms with Crippen LogP contribution in [-0.2, 0) is 6.54 Å². The zero-order chi connectivity index (χ0) is 19.2. The van der Waals surface area contributed by atoms with Crippen LogP contribution >= 0.6 is 0 Å². The van der Waals surface area contributed by atoms with Gasteiger partial charge in [0.15, 0.2) is 0 Å². The Kier molecular flexibility index (Phi) is 5.77. The molecule has 0 aliphatic rings. The topological polar surface area (TPSA) is 38.8 Å². The fraction of sp³-hybridized carbons (Fsp3) is 0.174. The highest BCUT2D eigenvalue weighted by Gasteiger charge is 2.15. The Bertz CT molecular complexity index is 905. The van der Waals surface area contributed by atoms with Crippen molar-refractivity contribution in [3.05, 3.63) is 83.9 Å². The van der Waals surface area contributed by atoms with Crippen molar-refractivity contribution in [2.24, 2.45) is 0 Å². The molecule has 3 rings (SSSR count). The number of ether oxygens (including phenoxy) is 2. The van der Waals surface area contributed by atoms with E-state index in [-0.39, 0.29) is 5.91 Å². The van der Waals surface area contributed by atoms with Crippen LogP contribution in [0.3, 0.4) is 0 Å². The van der Waals surface area contributed by atoms with Gasteiger partial charge in [-0.15, -0.1) is 0 Å². The fourth-order valence-electron chi connectivity index (χ4n) is 2.97. The molecule has 0 unspecified atom stereocenters. The Hall–Kier alpha value is -3.27. The predicted octanol–water partition coefficient (Wildman–Crippen LogP) is 4.64. The first-order chi connectivity index (χ1) is 13.1. The smallest absolute Gasteiger partial charge is 0.253 e. The van der Waals surface area contributed by atoms with Crippen LogP contribution in [0.1, 0.15) is 15.9 Å². The summed E-state index contributed by atoms with van der Waals surface area (Å²) >= 11 is 0. The number of hydrogen-bond donors (Lipinski definition) is 0. The zero-order valence-corrected chi connectivity index (χ0v) is 15.8. The van der Waals surface area contributed by atoms with Gasteiger partial charge in [-0.25, -0.2) is 0 Å². The quantitative estimate of drug-likeness (QED) is 0.642. The van der Waals surface area contributed by atoms with Gasteiger partial charge in [0, 0.05) is 30.8 Å². The van der Waals surface area contributed by atoms with E-state index < -0.39 is 0 Å². The van der Waals surface area contributed by atoms with Crippen molar-refractivity contribution in [2.45, 2.75) is 6.54 Å². The first kappa shape index (κ1) is 18.5. The average Bonchev–Trinajstić information content (AvgIpc) is 2.74. The van der Waals surface area contributed by atoms with Gasteiger partial charge in [-0.05, 0) is 35.4 Å². The zero-order valence-electron chi connectivity index (χ0n) is 15.8. The van der Waals surface area contributed by atoms with E-state index in [1.165, 1.54) is 0 Å². The molecule has 138 valence electrons. The van der Waals surface area contributed by atoms with Gasteiger partial charge in [0.1, 0.15) is 11.5 Å². The number of hydrogen-bond acceptors (Lipinski definition) is 3. The molecule has 3 aromatic carbocycles. The van der Waals surface area contributed by atoms with Gasteiger partial charge in [0.05, 0.1) is 14.2 Å². The molecule has 1 amide bonds. The summed E-state index contributed by atoms with van der Waals surface area (Å²) in [4.78, 5) is 14.5. The molecule has 4 nitrogen and oxygen atoms in total. The van der Waals surface area contributed by atoms with Crippen molar-refractivity contribution >= 4 is 5.91 Å². The van der Waals surface area contributed by atoms with E-state index in [1.807, 2.05) is 60.7 Å². The molecule has 0 radical (unpaired) electrons. The summed E-state index contributed by atoms with van der Waals surface area (Å²) in [6, 6.07) is 23.4. The molecule has 0 aromatic heterocycles. The largest absolute Gasteiger partial charge is 0.497 e. The SMILES string of the molecule is COc1ccc(CN(C)C(=O)c2ccc(-c3ccccc3)cc2)c(OC)c1. The molecule has 0 aliphatic heterocycles. The number of nitrogens with zero attached hydrogens (tertiary/aromatic N) is 1. The van der Waals surface area contributed by atoms with Crippen LogP contribution < -0.4 is 9.47 Å². The van der Waals surface area contributed by atoms with Gasteiger partial charge in [-0.3, -0.25) is 4.79 Å². The van der Waals surface area contributed by atoms with Crippen LogP contribution in [0.4, 0.5) is 0 Å². The van der Waals surface area contributed by atoms with Crippen molar-refractivity contribution in [3.63, 3.8) is 0 Å². The number of carbonyl (C=O) groups excluding carboxylic acids is 1. The summed E-state index contributed by atoms with van der Waals surface area (Å²) < 4.78 is 10.6. The van der Waals surface area contributed by atoms with Crippen molar-refractivity contribution in [3.8, 4) is 22.6 Å². The minimum Gasteiger partial charge on any atom is -0.497 e. The Morgan fingerprint density at radius 3 is 2.15 bits per heavy atom. The average molecular weight is 361 g/mol. The molecule has 0 saturated carbocycles. The summed E-state index contributed by atoms with van der Waals surface area (Å²) in [6.45, 7) is 0.451. The van der Waals surface area contributed by atoms with Crippen LogP contribution in [0.15, 0.2) is 72.8 Å². The van der Waals surface area contributed by atoms with Crippen LogP contribution in [0, 0.1) is 0 Å². The molecule has 0 bridgehead atoms. The lowest BCUT2D eigenvalue weighted by atomic mass is 10.0. The predicted molar refractivity (Wildman–Crippen MR) is 107 cm³/mol. The van der Waals surface area contributed by atoms with E-state index >= 15 is 0 Å². The summed E-state index contributed by atoms with van der Waals surface area (Å²) in [5, 5.41) is 0. The van der Waals surface area contributed by atoms with Crippen molar-refractivity contribution in [2.75, 3.05) is 21.3 Å². The normalized spacial score (nSPS) is 10.3. The van der Waals surface area contributed by atoms with E-state index in [1.54, 1.807) is 26.2 Å². The highest BCUT2D eigenvalue weighted by Crippen LogP contribution is 2.26. The highest BCUT2D eigenvalue weighted by molar-refractivity contribution is 5.94. The number of carbonyl (C=O) groups is 1. The van der Waals surface area contributed by atoms with Crippen LogP contribution in [-0.4, -0.2) is 32.1 Å². The second-order valence-electron chi connectivity index (χ2n) is 6.28. The fourth-order valence-corrected chi connectivity index (χ4v) is 2.97.